The molecule has 128 valence electrons. The highest BCUT2D eigenvalue weighted by Crippen LogP contribution is 2.23. The third kappa shape index (κ3) is 3.25. The number of nitrogens with zero attached hydrogens (tertiary/aromatic N) is 4. The highest BCUT2D eigenvalue weighted by molar-refractivity contribution is 5.80. The Balaban J connectivity index is 1.48. The maximum Gasteiger partial charge on any atom is 0.242 e. The third-order valence-electron chi connectivity index (χ3n) is 4.54. The molecule has 6 heteroatoms. The maximum atomic E-state index is 12.8. The molecule has 2 aromatic heterocycles. The molecule has 0 radical (unpaired) electrons. The minimum atomic E-state index is -0.0982. The van der Waals surface area contributed by atoms with Crippen molar-refractivity contribution in [3.63, 3.8) is 0 Å². The molecule has 1 fully saturated rings. The molecule has 1 aliphatic heterocycles. The van der Waals surface area contributed by atoms with Crippen LogP contribution in [0.2, 0.25) is 0 Å². The van der Waals surface area contributed by atoms with E-state index in [1.807, 2.05) is 52.8 Å². The molecule has 1 saturated heterocycles. The van der Waals surface area contributed by atoms with E-state index >= 15 is 0 Å². The average molecular weight is 336 g/mol. The molecule has 6 nitrogen and oxygen atoms in total. The first-order valence-corrected chi connectivity index (χ1v) is 8.42. The molecule has 0 bridgehead atoms. The third-order valence-corrected chi connectivity index (χ3v) is 4.54. The smallest absolute Gasteiger partial charge is 0.242 e. The van der Waals surface area contributed by atoms with Crippen LogP contribution in [0.15, 0.2) is 48.9 Å². The maximum absolute atomic E-state index is 12.8. The van der Waals surface area contributed by atoms with Gasteiger partial charge >= 0.3 is 0 Å². The van der Waals surface area contributed by atoms with Gasteiger partial charge in [-0.2, -0.15) is 0 Å². The van der Waals surface area contributed by atoms with Crippen molar-refractivity contribution >= 4 is 16.9 Å². The van der Waals surface area contributed by atoms with Gasteiger partial charge in [0, 0.05) is 18.4 Å². The second kappa shape index (κ2) is 6.64. The fourth-order valence-corrected chi connectivity index (χ4v) is 3.23. The monoisotopic (exact) mass is 336 g/mol. The van der Waals surface area contributed by atoms with Crippen molar-refractivity contribution in [2.75, 3.05) is 19.7 Å². The van der Waals surface area contributed by atoms with Crippen molar-refractivity contribution < 1.29 is 9.53 Å². The number of hydrogen-bond donors (Lipinski definition) is 0. The molecule has 0 spiro atoms. The van der Waals surface area contributed by atoms with Gasteiger partial charge in [0.15, 0.2) is 0 Å². The Labute approximate surface area is 146 Å². The normalized spacial score (nSPS) is 17.8. The number of rotatable bonds is 3. The van der Waals surface area contributed by atoms with Gasteiger partial charge in [-0.1, -0.05) is 12.1 Å². The molecule has 0 saturated carbocycles. The lowest BCUT2D eigenvalue weighted by Gasteiger charge is -2.33. The van der Waals surface area contributed by atoms with Crippen LogP contribution in [-0.2, 0) is 16.1 Å². The van der Waals surface area contributed by atoms with Crippen LogP contribution >= 0.6 is 0 Å². The van der Waals surface area contributed by atoms with Crippen LogP contribution in [-0.4, -0.2) is 45.0 Å². The molecule has 25 heavy (non-hydrogen) atoms. The van der Waals surface area contributed by atoms with E-state index in [9.17, 15) is 4.79 Å². The number of aryl methyl sites for hydroxylation is 1. The minimum absolute atomic E-state index is 0.0854. The Morgan fingerprint density at radius 1 is 1.28 bits per heavy atom. The fraction of sp³-hybridized carbons (Fsp3) is 0.316. The van der Waals surface area contributed by atoms with E-state index in [0.717, 1.165) is 22.3 Å². The number of ether oxygens (including phenoxy) is 1. The Hall–Kier alpha value is -2.73. The lowest BCUT2D eigenvalue weighted by Crippen LogP contribution is -2.43. The highest BCUT2D eigenvalue weighted by atomic mass is 16.5. The molecular weight excluding hydrogens is 316 g/mol. The predicted octanol–water partition coefficient (Wildman–Crippen LogP) is 2.34. The summed E-state index contributed by atoms with van der Waals surface area (Å²) in [7, 11) is 0. The van der Waals surface area contributed by atoms with E-state index in [4.69, 9.17) is 4.74 Å². The molecule has 3 aromatic rings. The van der Waals surface area contributed by atoms with E-state index in [0.29, 0.717) is 26.2 Å². The summed E-state index contributed by atoms with van der Waals surface area (Å²) in [6.45, 7) is 3.98. The number of morpholine rings is 1. The van der Waals surface area contributed by atoms with Crippen molar-refractivity contribution in [3.8, 4) is 0 Å². The average Bonchev–Trinajstić information content (AvgIpc) is 3.05. The molecule has 1 aliphatic rings. The van der Waals surface area contributed by atoms with Crippen LogP contribution in [0.3, 0.4) is 0 Å². The number of carbonyl (C=O) groups is 1. The Bertz CT molecular complexity index is 905. The molecule has 0 aliphatic carbocycles. The summed E-state index contributed by atoms with van der Waals surface area (Å²) in [6, 6.07) is 11.8. The van der Waals surface area contributed by atoms with Gasteiger partial charge in [0.1, 0.15) is 12.6 Å². The molecule has 3 heterocycles. The summed E-state index contributed by atoms with van der Waals surface area (Å²) < 4.78 is 7.77. The van der Waals surface area contributed by atoms with Crippen LogP contribution in [0.5, 0.6) is 0 Å². The number of hydrogen-bond acceptors (Lipinski definition) is 4. The Morgan fingerprint density at radius 2 is 2.16 bits per heavy atom. The van der Waals surface area contributed by atoms with Gasteiger partial charge in [-0.15, -0.1) is 0 Å². The van der Waals surface area contributed by atoms with Crippen molar-refractivity contribution in [3.05, 3.63) is 60.2 Å². The zero-order valence-corrected chi connectivity index (χ0v) is 14.1. The summed E-state index contributed by atoms with van der Waals surface area (Å²) >= 11 is 0. The number of fused-ring (bicyclic) bond motifs is 1. The zero-order valence-electron chi connectivity index (χ0n) is 14.1. The van der Waals surface area contributed by atoms with Gasteiger partial charge in [0.25, 0.3) is 0 Å². The van der Waals surface area contributed by atoms with Crippen molar-refractivity contribution in [1.29, 1.82) is 0 Å². The van der Waals surface area contributed by atoms with Crippen LogP contribution in [0.1, 0.15) is 17.4 Å². The van der Waals surface area contributed by atoms with E-state index in [1.165, 1.54) is 0 Å². The van der Waals surface area contributed by atoms with Gasteiger partial charge in [-0.25, -0.2) is 4.98 Å². The van der Waals surface area contributed by atoms with Gasteiger partial charge in [-0.05, 0) is 36.8 Å². The van der Waals surface area contributed by atoms with Crippen LogP contribution in [0.4, 0.5) is 0 Å². The Morgan fingerprint density at radius 3 is 3.04 bits per heavy atom. The topological polar surface area (TPSA) is 60.2 Å². The summed E-state index contributed by atoms with van der Waals surface area (Å²) in [5.74, 6) is 0.0854. The molecule has 0 N–H and O–H groups in total. The first-order chi connectivity index (χ1) is 12.2. The fourth-order valence-electron chi connectivity index (χ4n) is 3.23. The minimum Gasteiger partial charge on any atom is -0.370 e. The second-order valence-corrected chi connectivity index (χ2v) is 6.29. The summed E-state index contributed by atoms with van der Waals surface area (Å²) in [5.41, 5.74) is 3.90. The molecule has 1 atom stereocenters. The van der Waals surface area contributed by atoms with Crippen molar-refractivity contribution in [2.24, 2.45) is 0 Å². The van der Waals surface area contributed by atoms with E-state index in [-0.39, 0.29) is 12.0 Å². The first kappa shape index (κ1) is 15.8. The van der Waals surface area contributed by atoms with Gasteiger partial charge in [-0.3, -0.25) is 9.78 Å². The SMILES string of the molecule is Cc1cc([C@H]2CN(C(=O)Cn3cnc4ccccc43)CCO2)ccn1. The predicted molar refractivity (Wildman–Crippen MR) is 94.0 cm³/mol. The van der Waals surface area contributed by atoms with Crippen LogP contribution < -0.4 is 0 Å². The molecule has 1 amide bonds. The molecule has 1 aromatic carbocycles. The van der Waals surface area contributed by atoms with E-state index < -0.39 is 0 Å². The van der Waals surface area contributed by atoms with E-state index in [2.05, 4.69) is 9.97 Å². The molecule has 0 unspecified atom stereocenters. The summed E-state index contributed by atoms with van der Waals surface area (Å²) in [4.78, 5) is 23.2. The van der Waals surface area contributed by atoms with Crippen molar-refractivity contribution in [2.45, 2.75) is 19.6 Å². The largest absolute Gasteiger partial charge is 0.370 e. The summed E-state index contributed by atoms with van der Waals surface area (Å²) in [6.07, 6.45) is 3.41. The number of amides is 1. The standard InChI is InChI=1S/C19H20N4O2/c1-14-10-15(6-7-20-14)18-11-22(8-9-25-18)19(24)12-23-13-21-16-4-2-3-5-17(16)23/h2-7,10,13,18H,8-9,11-12H2,1H3/t18-/m1/s1. The zero-order chi connectivity index (χ0) is 17.2. The molecule has 4 rings (SSSR count). The van der Waals surface area contributed by atoms with Gasteiger partial charge in [0.2, 0.25) is 5.91 Å². The van der Waals surface area contributed by atoms with E-state index in [1.54, 1.807) is 12.5 Å². The number of para-hydroxylation sites is 2. The highest BCUT2D eigenvalue weighted by Gasteiger charge is 2.25. The molecular formula is C19H20N4O2. The summed E-state index contributed by atoms with van der Waals surface area (Å²) in [5, 5.41) is 0. The van der Waals surface area contributed by atoms with Crippen LogP contribution in [0, 0.1) is 6.92 Å². The number of carbonyl (C=O) groups excluding carboxylic acids is 1. The quantitative estimate of drug-likeness (QED) is 0.736. The second-order valence-electron chi connectivity index (χ2n) is 6.29. The van der Waals surface area contributed by atoms with Gasteiger partial charge < -0.3 is 14.2 Å². The number of imidazole rings is 1. The first-order valence-electron chi connectivity index (χ1n) is 8.42. The van der Waals surface area contributed by atoms with Crippen molar-refractivity contribution in [1.82, 2.24) is 19.4 Å². The van der Waals surface area contributed by atoms with Gasteiger partial charge in [0.05, 0.1) is 30.5 Å². The number of benzene rings is 1. The lowest BCUT2D eigenvalue weighted by molar-refractivity contribution is -0.139. The number of pyridine rings is 1. The lowest BCUT2D eigenvalue weighted by atomic mass is 10.1. The Kier molecular flexibility index (Phi) is 4.19. The van der Waals surface area contributed by atoms with Crippen LogP contribution in [0.25, 0.3) is 11.0 Å². The number of aromatic nitrogens is 3.